The molecular formula is C14H15BrFNOS. The Bertz CT molecular complexity index is 544. The summed E-state index contributed by atoms with van der Waals surface area (Å²) in [5.41, 5.74) is 0.605. The topological polar surface area (TPSA) is 21.3 Å². The predicted octanol–water partition coefficient (Wildman–Crippen LogP) is 4.13. The second-order valence-electron chi connectivity index (χ2n) is 4.14. The highest BCUT2D eigenvalue weighted by atomic mass is 79.9. The van der Waals surface area contributed by atoms with Crippen LogP contribution in [0.25, 0.3) is 0 Å². The molecule has 2 aromatic rings. The van der Waals surface area contributed by atoms with E-state index < -0.39 is 0 Å². The molecule has 0 aliphatic heterocycles. The van der Waals surface area contributed by atoms with Gasteiger partial charge in [0.1, 0.15) is 6.61 Å². The van der Waals surface area contributed by atoms with Crippen LogP contribution in [0.3, 0.4) is 0 Å². The maximum atomic E-state index is 13.6. The van der Waals surface area contributed by atoms with Crippen molar-refractivity contribution in [2.24, 2.45) is 0 Å². The summed E-state index contributed by atoms with van der Waals surface area (Å²) >= 11 is 5.11. The Labute approximate surface area is 124 Å². The van der Waals surface area contributed by atoms with Crippen LogP contribution in [0.5, 0.6) is 5.75 Å². The molecule has 0 unspecified atom stereocenters. The number of hydrogen-bond acceptors (Lipinski definition) is 3. The van der Waals surface area contributed by atoms with E-state index in [2.05, 4.69) is 32.7 Å². The Morgan fingerprint density at radius 1 is 1.42 bits per heavy atom. The van der Waals surface area contributed by atoms with Gasteiger partial charge in [-0.05, 0) is 40.5 Å². The summed E-state index contributed by atoms with van der Waals surface area (Å²) in [6.45, 7) is 3.67. The van der Waals surface area contributed by atoms with Gasteiger partial charge in [0.25, 0.3) is 0 Å². The number of thiophene rings is 1. The van der Waals surface area contributed by atoms with E-state index in [9.17, 15) is 4.39 Å². The van der Waals surface area contributed by atoms with Gasteiger partial charge in [-0.15, -0.1) is 11.3 Å². The van der Waals surface area contributed by atoms with Crippen molar-refractivity contribution < 1.29 is 9.13 Å². The first-order chi connectivity index (χ1) is 9.16. The summed E-state index contributed by atoms with van der Waals surface area (Å²) < 4.78 is 20.2. The summed E-state index contributed by atoms with van der Waals surface area (Å²) in [6.07, 6.45) is 0. The first-order valence-corrected chi connectivity index (χ1v) is 7.65. The molecule has 0 bridgehead atoms. The molecule has 5 heteroatoms. The molecule has 1 aromatic heterocycles. The molecule has 2 rings (SSSR count). The molecule has 0 atom stereocenters. The third-order valence-corrected chi connectivity index (χ3v) is 4.31. The van der Waals surface area contributed by atoms with Crippen molar-refractivity contribution >= 4 is 27.3 Å². The quantitative estimate of drug-likeness (QED) is 0.796. The van der Waals surface area contributed by atoms with Crippen molar-refractivity contribution in [2.75, 3.05) is 13.2 Å². The van der Waals surface area contributed by atoms with Gasteiger partial charge in [-0.25, -0.2) is 4.39 Å². The zero-order valence-electron chi connectivity index (χ0n) is 10.6. The van der Waals surface area contributed by atoms with Crippen LogP contribution >= 0.6 is 27.3 Å². The molecule has 0 saturated carbocycles. The van der Waals surface area contributed by atoms with Crippen LogP contribution in [0.2, 0.25) is 0 Å². The van der Waals surface area contributed by atoms with Gasteiger partial charge in [0, 0.05) is 27.8 Å². The van der Waals surface area contributed by atoms with E-state index in [-0.39, 0.29) is 5.82 Å². The fraction of sp³-hybridized carbons (Fsp3) is 0.286. The van der Waals surface area contributed by atoms with Gasteiger partial charge >= 0.3 is 0 Å². The monoisotopic (exact) mass is 343 g/mol. The van der Waals surface area contributed by atoms with Gasteiger partial charge in [-0.3, -0.25) is 0 Å². The Morgan fingerprint density at radius 3 is 3.00 bits per heavy atom. The van der Waals surface area contributed by atoms with E-state index >= 15 is 0 Å². The largest absolute Gasteiger partial charge is 0.489 e. The van der Waals surface area contributed by atoms with E-state index in [1.54, 1.807) is 36.5 Å². The van der Waals surface area contributed by atoms with Crippen LogP contribution < -0.4 is 10.1 Å². The number of nitrogens with one attached hydrogen (secondary N) is 1. The van der Waals surface area contributed by atoms with Crippen molar-refractivity contribution in [1.82, 2.24) is 5.32 Å². The smallest absolute Gasteiger partial charge is 0.167 e. The molecule has 0 saturated heterocycles. The zero-order chi connectivity index (χ0) is 13.7. The second kappa shape index (κ2) is 7.03. The Morgan fingerprint density at radius 2 is 2.26 bits per heavy atom. The van der Waals surface area contributed by atoms with Crippen LogP contribution in [-0.2, 0) is 6.54 Å². The number of benzene rings is 1. The molecule has 1 heterocycles. The lowest BCUT2D eigenvalue weighted by atomic mass is 10.2. The lowest BCUT2D eigenvalue weighted by Gasteiger charge is -2.09. The van der Waals surface area contributed by atoms with Crippen molar-refractivity contribution in [3.63, 3.8) is 0 Å². The first kappa shape index (κ1) is 14.5. The van der Waals surface area contributed by atoms with Gasteiger partial charge < -0.3 is 10.1 Å². The molecule has 0 radical (unpaired) electrons. The molecule has 0 aliphatic rings. The van der Waals surface area contributed by atoms with Crippen LogP contribution in [0, 0.1) is 12.7 Å². The van der Waals surface area contributed by atoms with E-state index in [1.807, 2.05) is 0 Å². The molecule has 2 nitrogen and oxygen atoms in total. The normalized spacial score (nSPS) is 10.7. The van der Waals surface area contributed by atoms with E-state index in [1.165, 1.54) is 4.88 Å². The van der Waals surface area contributed by atoms with Crippen molar-refractivity contribution in [1.29, 1.82) is 0 Å². The fourth-order valence-corrected chi connectivity index (χ4v) is 3.04. The van der Waals surface area contributed by atoms with E-state index in [0.717, 1.165) is 11.0 Å². The minimum absolute atomic E-state index is 0.273. The highest BCUT2D eigenvalue weighted by molar-refractivity contribution is 9.10. The fourth-order valence-electron chi connectivity index (χ4n) is 1.62. The minimum atomic E-state index is -0.273. The summed E-state index contributed by atoms with van der Waals surface area (Å²) in [5, 5.41) is 5.31. The average Bonchev–Trinajstić information content (AvgIpc) is 2.80. The Hall–Kier alpha value is -0.910. The standard InChI is InChI=1S/C14H15BrFNOS/c1-10-3-2-4-13(14(10)16)18-6-5-17-8-12-7-11(15)9-19-12/h2-4,7,9,17H,5-6,8H2,1H3. The third-order valence-electron chi connectivity index (χ3n) is 2.61. The summed E-state index contributed by atoms with van der Waals surface area (Å²) in [5.74, 6) is 0.0466. The molecule has 102 valence electrons. The summed E-state index contributed by atoms with van der Waals surface area (Å²) in [7, 11) is 0. The summed E-state index contributed by atoms with van der Waals surface area (Å²) in [6, 6.07) is 7.26. The van der Waals surface area contributed by atoms with Crippen molar-refractivity contribution in [3.05, 3.63) is 50.4 Å². The Balaban J connectivity index is 1.71. The number of hydrogen-bond donors (Lipinski definition) is 1. The molecular weight excluding hydrogens is 329 g/mol. The third kappa shape index (κ3) is 4.30. The van der Waals surface area contributed by atoms with Gasteiger partial charge in [-0.2, -0.15) is 0 Å². The van der Waals surface area contributed by atoms with Crippen LogP contribution in [0.4, 0.5) is 4.39 Å². The number of ether oxygens (including phenoxy) is 1. The van der Waals surface area contributed by atoms with Crippen molar-refractivity contribution in [3.8, 4) is 5.75 Å². The average molecular weight is 344 g/mol. The summed E-state index contributed by atoms with van der Waals surface area (Å²) in [4.78, 5) is 1.26. The zero-order valence-corrected chi connectivity index (χ0v) is 13.0. The van der Waals surface area contributed by atoms with Crippen LogP contribution in [0.1, 0.15) is 10.4 Å². The predicted molar refractivity (Wildman–Crippen MR) is 80.4 cm³/mol. The molecule has 1 aromatic carbocycles. The van der Waals surface area contributed by atoms with Gasteiger partial charge in [0.05, 0.1) is 0 Å². The van der Waals surface area contributed by atoms with Crippen LogP contribution in [0.15, 0.2) is 34.1 Å². The van der Waals surface area contributed by atoms with E-state index in [4.69, 9.17) is 4.74 Å². The molecule has 0 fully saturated rings. The number of aryl methyl sites for hydroxylation is 1. The number of halogens is 2. The highest BCUT2D eigenvalue weighted by Crippen LogP contribution is 2.20. The SMILES string of the molecule is Cc1cccc(OCCNCc2cc(Br)cs2)c1F. The highest BCUT2D eigenvalue weighted by Gasteiger charge is 2.05. The second-order valence-corrected chi connectivity index (χ2v) is 6.05. The molecule has 0 amide bonds. The van der Waals surface area contributed by atoms with E-state index in [0.29, 0.717) is 24.5 Å². The lowest BCUT2D eigenvalue weighted by Crippen LogP contribution is -2.20. The lowest BCUT2D eigenvalue weighted by molar-refractivity contribution is 0.298. The number of rotatable bonds is 6. The van der Waals surface area contributed by atoms with Gasteiger partial charge in [-0.1, -0.05) is 12.1 Å². The maximum absolute atomic E-state index is 13.6. The van der Waals surface area contributed by atoms with Crippen molar-refractivity contribution in [2.45, 2.75) is 13.5 Å². The Kier molecular flexibility index (Phi) is 5.36. The molecule has 19 heavy (non-hydrogen) atoms. The molecule has 1 N–H and O–H groups in total. The maximum Gasteiger partial charge on any atom is 0.167 e. The minimum Gasteiger partial charge on any atom is -0.489 e. The van der Waals surface area contributed by atoms with Gasteiger partial charge in [0.2, 0.25) is 0 Å². The first-order valence-electron chi connectivity index (χ1n) is 5.98. The van der Waals surface area contributed by atoms with Crippen LogP contribution in [-0.4, -0.2) is 13.2 Å². The van der Waals surface area contributed by atoms with Gasteiger partial charge in [0.15, 0.2) is 11.6 Å². The molecule has 0 spiro atoms. The molecule has 0 aliphatic carbocycles.